The normalized spacial score (nSPS) is 13.5. The van der Waals surface area contributed by atoms with E-state index in [0.717, 1.165) is 56.8 Å². The number of nitrogens with one attached hydrogen (secondary N) is 1. The summed E-state index contributed by atoms with van der Waals surface area (Å²) in [5, 5.41) is 3.59. The van der Waals surface area contributed by atoms with E-state index in [1.807, 2.05) is 0 Å². The number of amides is 1. The minimum Gasteiger partial charge on any atom is -0.370 e. The van der Waals surface area contributed by atoms with E-state index >= 15 is 0 Å². The molecule has 0 spiro atoms. The van der Waals surface area contributed by atoms with Gasteiger partial charge >= 0.3 is 0 Å². The van der Waals surface area contributed by atoms with Gasteiger partial charge in [0.05, 0.1) is 10.9 Å². The van der Waals surface area contributed by atoms with E-state index in [9.17, 15) is 9.59 Å². The number of fused-ring (bicyclic) bond motifs is 2. The first kappa shape index (κ1) is 21.1. The predicted octanol–water partition coefficient (Wildman–Crippen LogP) is 3.69. The Kier molecular flexibility index (Phi) is 6.35. The van der Waals surface area contributed by atoms with Gasteiger partial charge in [-0.05, 0) is 62.6 Å². The molecule has 0 aliphatic carbocycles. The molecular weight excluding hydrogens is 388 g/mol. The number of carbonyl (C=O) groups is 1. The molecule has 31 heavy (non-hydrogen) atoms. The molecule has 0 saturated heterocycles. The van der Waals surface area contributed by atoms with Crippen LogP contribution in [0.3, 0.4) is 0 Å². The van der Waals surface area contributed by atoms with Crippen LogP contribution in [0.2, 0.25) is 0 Å². The monoisotopic (exact) mass is 418 g/mol. The van der Waals surface area contributed by atoms with Crippen molar-refractivity contribution in [3.8, 4) is 0 Å². The molecule has 1 aromatic heterocycles. The van der Waals surface area contributed by atoms with Crippen LogP contribution in [-0.2, 0) is 13.0 Å². The van der Waals surface area contributed by atoms with E-state index in [2.05, 4.69) is 48.3 Å². The molecule has 1 aliphatic rings. The Hall–Kier alpha value is -3.15. The molecule has 0 fully saturated rings. The van der Waals surface area contributed by atoms with E-state index in [1.165, 1.54) is 5.56 Å². The van der Waals surface area contributed by atoms with Crippen molar-refractivity contribution in [1.82, 2.24) is 14.9 Å². The zero-order valence-electron chi connectivity index (χ0n) is 18.4. The Morgan fingerprint density at radius 2 is 2.03 bits per heavy atom. The van der Waals surface area contributed by atoms with Gasteiger partial charge in [0.25, 0.3) is 11.5 Å². The second kappa shape index (κ2) is 9.33. The third-order valence-corrected chi connectivity index (χ3v) is 5.99. The fraction of sp³-hybridized carbons (Fsp3) is 0.400. The van der Waals surface area contributed by atoms with Crippen LogP contribution in [0.15, 0.2) is 47.3 Å². The van der Waals surface area contributed by atoms with Crippen LogP contribution < -0.4 is 15.8 Å². The van der Waals surface area contributed by atoms with Crippen molar-refractivity contribution < 1.29 is 4.79 Å². The molecule has 2 aromatic carbocycles. The smallest absolute Gasteiger partial charge is 0.261 e. The molecule has 3 aromatic rings. The molecule has 162 valence electrons. The minimum absolute atomic E-state index is 0.00519. The zero-order chi connectivity index (χ0) is 21.8. The summed E-state index contributed by atoms with van der Waals surface area (Å²) in [6.07, 6.45) is 3.99. The first-order chi connectivity index (χ1) is 15.1. The average Bonchev–Trinajstić information content (AvgIpc) is 3.02. The van der Waals surface area contributed by atoms with Crippen molar-refractivity contribution in [3.05, 3.63) is 69.8 Å². The van der Waals surface area contributed by atoms with Crippen LogP contribution in [0, 0.1) is 6.92 Å². The number of anilines is 1. The topological polar surface area (TPSA) is 67.2 Å². The van der Waals surface area contributed by atoms with Crippen molar-refractivity contribution in [2.45, 2.75) is 46.1 Å². The Labute approximate surface area is 182 Å². The van der Waals surface area contributed by atoms with Gasteiger partial charge in [0.1, 0.15) is 5.82 Å². The SMILES string of the molecule is CCN(CCNC(=O)c1ccc2c(=O)n3c(nc2c1)CCCCC3)c1cccc(C)c1. The number of nitrogens with zero attached hydrogens (tertiary/aromatic N) is 3. The maximum atomic E-state index is 12.9. The van der Waals surface area contributed by atoms with Crippen LogP contribution >= 0.6 is 0 Å². The number of rotatable bonds is 6. The van der Waals surface area contributed by atoms with E-state index < -0.39 is 0 Å². The Morgan fingerprint density at radius 3 is 2.84 bits per heavy atom. The summed E-state index contributed by atoms with van der Waals surface area (Å²) >= 11 is 0. The largest absolute Gasteiger partial charge is 0.370 e. The molecule has 6 nitrogen and oxygen atoms in total. The maximum Gasteiger partial charge on any atom is 0.261 e. The maximum absolute atomic E-state index is 12.9. The summed E-state index contributed by atoms with van der Waals surface area (Å²) in [5.41, 5.74) is 3.54. The number of aromatic nitrogens is 2. The van der Waals surface area contributed by atoms with Crippen molar-refractivity contribution in [1.29, 1.82) is 0 Å². The van der Waals surface area contributed by atoms with Gasteiger partial charge < -0.3 is 10.2 Å². The predicted molar refractivity (Wildman–Crippen MR) is 125 cm³/mol. The van der Waals surface area contributed by atoms with Crippen molar-refractivity contribution >= 4 is 22.5 Å². The Morgan fingerprint density at radius 1 is 1.16 bits per heavy atom. The fourth-order valence-corrected chi connectivity index (χ4v) is 4.26. The van der Waals surface area contributed by atoms with Crippen LogP contribution in [0.1, 0.15) is 47.9 Å². The summed E-state index contributed by atoms with van der Waals surface area (Å²) < 4.78 is 1.81. The summed E-state index contributed by atoms with van der Waals surface area (Å²) in [6, 6.07) is 13.6. The van der Waals surface area contributed by atoms with E-state index in [4.69, 9.17) is 4.98 Å². The molecule has 4 rings (SSSR count). The highest BCUT2D eigenvalue weighted by atomic mass is 16.1. The van der Waals surface area contributed by atoms with Gasteiger partial charge in [0, 0.05) is 43.9 Å². The van der Waals surface area contributed by atoms with E-state index in [0.29, 0.717) is 23.0 Å². The van der Waals surface area contributed by atoms with Gasteiger partial charge in [0.15, 0.2) is 0 Å². The third-order valence-electron chi connectivity index (χ3n) is 5.99. The molecule has 1 N–H and O–H groups in total. The van der Waals surface area contributed by atoms with Crippen molar-refractivity contribution in [3.63, 3.8) is 0 Å². The van der Waals surface area contributed by atoms with Gasteiger partial charge in [-0.15, -0.1) is 0 Å². The molecule has 6 heteroatoms. The summed E-state index contributed by atoms with van der Waals surface area (Å²) in [6.45, 7) is 7.06. The van der Waals surface area contributed by atoms with Gasteiger partial charge in [0.2, 0.25) is 0 Å². The molecule has 0 unspecified atom stereocenters. The van der Waals surface area contributed by atoms with E-state index in [-0.39, 0.29) is 11.5 Å². The van der Waals surface area contributed by atoms with Gasteiger partial charge in [-0.25, -0.2) is 4.98 Å². The van der Waals surface area contributed by atoms with Crippen LogP contribution in [0.5, 0.6) is 0 Å². The Bertz CT molecular complexity index is 1150. The molecule has 0 atom stereocenters. The molecule has 1 aliphatic heterocycles. The number of likely N-dealkylation sites (N-methyl/N-ethyl adjacent to an activating group) is 1. The molecule has 1 amide bonds. The fourth-order valence-electron chi connectivity index (χ4n) is 4.26. The highest BCUT2D eigenvalue weighted by molar-refractivity contribution is 5.97. The first-order valence-electron chi connectivity index (χ1n) is 11.2. The van der Waals surface area contributed by atoms with Crippen LogP contribution in [0.4, 0.5) is 5.69 Å². The highest BCUT2D eigenvalue weighted by Crippen LogP contribution is 2.17. The minimum atomic E-state index is -0.140. The number of hydrogen-bond acceptors (Lipinski definition) is 4. The molecule has 0 radical (unpaired) electrons. The molecule has 0 bridgehead atoms. The van der Waals surface area contributed by atoms with Crippen molar-refractivity contribution in [2.75, 3.05) is 24.5 Å². The summed E-state index contributed by atoms with van der Waals surface area (Å²) in [4.78, 5) is 32.6. The Balaban J connectivity index is 1.47. The number of carbonyl (C=O) groups excluding carboxylic acids is 1. The molecule has 2 heterocycles. The van der Waals surface area contributed by atoms with Crippen LogP contribution in [0.25, 0.3) is 10.9 Å². The third kappa shape index (κ3) is 4.63. The van der Waals surface area contributed by atoms with Gasteiger partial charge in [-0.3, -0.25) is 14.2 Å². The van der Waals surface area contributed by atoms with Crippen LogP contribution in [-0.4, -0.2) is 35.1 Å². The number of hydrogen-bond donors (Lipinski definition) is 1. The molecule has 0 saturated carbocycles. The van der Waals surface area contributed by atoms with Gasteiger partial charge in [-0.2, -0.15) is 0 Å². The van der Waals surface area contributed by atoms with Gasteiger partial charge in [-0.1, -0.05) is 18.6 Å². The summed E-state index contributed by atoms with van der Waals surface area (Å²) in [7, 11) is 0. The highest BCUT2D eigenvalue weighted by Gasteiger charge is 2.15. The average molecular weight is 419 g/mol. The van der Waals surface area contributed by atoms with E-state index in [1.54, 1.807) is 22.8 Å². The standard InChI is InChI=1S/C25H30N4O2/c1-3-28(20-9-7-8-18(2)16-20)15-13-26-24(30)19-11-12-21-22(17-19)27-23-10-5-4-6-14-29(23)25(21)31/h7-9,11-12,16-17H,3-6,10,13-15H2,1-2H3,(H,26,30). The quantitative estimate of drug-likeness (QED) is 0.663. The number of aryl methyl sites for hydroxylation is 2. The summed E-state index contributed by atoms with van der Waals surface area (Å²) in [5.74, 6) is 0.698. The lowest BCUT2D eigenvalue weighted by Crippen LogP contribution is -2.35. The first-order valence-corrected chi connectivity index (χ1v) is 11.2. The molecular formula is C25H30N4O2. The lowest BCUT2D eigenvalue weighted by Gasteiger charge is -2.23. The number of benzene rings is 2. The second-order valence-corrected chi connectivity index (χ2v) is 8.20. The second-order valence-electron chi connectivity index (χ2n) is 8.20. The van der Waals surface area contributed by atoms with Crippen molar-refractivity contribution in [2.24, 2.45) is 0 Å². The lowest BCUT2D eigenvalue weighted by molar-refractivity contribution is 0.0954. The lowest BCUT2D eigenvalue weighted by atomic mass is 10.1. The zero-order valence-corrected chi connectivity index (χ0v) is 18.4.